The molecule has 2 aromatic rings. The number of anilines is 1. The molecule has 0 spiro atoms. The summed E-state index contributed by atoms with van der Waals surface area (Å²) in [4.78, 5) is 16.7. The van der Waals surface area contributed by atoms with Gasteiger partial charge in [0.1, 0.15) is 17.2 Å². The SMILES string of the molecule is COCCn1c(-c2ccc(N)cc2F)cnc1[C@H]1CC[C@H](NC(=O)OC(C)(C)C)CC1. The van der Waals surface area contributed by atoms with Gasteiger partial charge < -0.3 is 25.1 Å². The zero-order valence-corrected chi connectivity index (χ0v) is 18.8. The Morgan fingerprint density at radius 2 is 2.00 bits per heavy atom. The second kappa shape index (κ2) is 9.68. The van der Waals surface area contributed by atoms with Crippen LogP contribution in [-0.4, -0.2) is 41.0 Å². The summed E-state index contributed by atoms with van der Waals surface area (Å²) in [6.07, 6.45) is 4.80. The highest BCUT2D eigenvalue weighted by Gasteiger charge is 2.29. The number of carbonyl (C=O) groups excluding carboxylic acids is 1. The van der Waals surface area contributed by atoms with Crippen LogP contribution < -0.4 is 11.1 Å². The van der Waals surface area contributed by atoms with Crippen LogP contribution >= 0.6 is 0 Å². The first-order valence-corrected chi connectivity index (χ1v) is 10.8. The number of alkyl carbamates (subject to hydrolysis) is 1. The van der Waals surface area contributed by atoms with Crippen LogP contribution in [0.3, 0.4) is 0 Å². The maximum absolute atomic E-state index is 14.6. The van der Waals surface area contributed by atoms with Crippen LogP contribution in [0.5, 0.6) is 0 Å². The summed E-state index contributed by atoms with van der Waals surface area (Å²) in [6, 6.07) is 4.80. The Balaban J connectivity index is 1.73. The number of methoxy groups -OCH3 is 1. The van der Waals surface area contributed by atoms with E-state index in [1.54, 1.807) is 25.4 Å². The number of hydrogen-bond acceptors (Lipinski definition) is 5. The van der Waals surface area contributed by atoms with Crippen molar-refractivity contribution in [1.29, 1.82) is 0 Å². The van der Waals surface area contributed by atoms with E-state index in [4.69, 9.17) is 15.2 Å². The molecule has 1 aromatic heterocycles. The minimum Gasteiger partial charge on any atom is -0.444 e. The van der Waals surface area contributed by atoms with Crippen molar-refractivity contribution >= 4 is 11.8 Å². The number of aromatic nitrogens is 2. The molecule has 0 saturated heterocycles. The number of nitrogens with one attached hydrogen (secondary N) is 1. The Morgan fingerprint density at radius 1 is 1.29 bits per heavy atom. The predicted molar refractivity (Wildman–Crippen MR) is 118 cm³/mol. The Morgan fingerprint density at radius 3 is 2.61 bits per heavy atom. The molecule has 3 rings (SSSR count). The highest BCUT2D eigenvalue weighted by atomic mass is 19.1. The lowest BCUT2D eigenvalue weighted by Gasteiger charge is -2.30. The maximum atomic E-state index is 14.6. The Kier molecular flexibility index (Phi) is 7.20. The van der Waals surface area contributed by atoms with Gasteiger partial charge in [-0.15, -0.1) is 0 Å². The number of halogens is 1. The van der Waals surface area contributed by atoms with Gasteiger partial charge in [-0.2, -0.15) is 0 Å². The van der Waals surface area contributed by atoms with Gasteiger partial charge in [-0.25, -0.2) is 14.2 Å². The van der Waals surface area contributed by atoms with Crippen molar-refractivity contribution in [3.63, 3.8) is 0 Å². The smallest absolute Gasteiger partial charge is 0.407 e. The second-order valence-corrected chi connectivity index (χ2v) is 9.08. The zero-order chi connectivity index (χ0) is 22.6. The number of nitrogens with two attached hydrogens (primary N) is 1. The summed E-state index contributed by atoms with van der Waals surface area (Å²) < 4.78 is 27.3. The average Bonchev–Trinajstić information content (AvgIpc) is 3.09. The quantitative estimate of drug-likeness (QED) is 0.657. The molecular formula is C23H33FN4O3. The zero-order valence-electron chi connectivity index (χ0n) is 18.8. The van der Waals surface area contributed by atoms with Crippen LogP contribution in [0.15, 0.2) is 24.4 Å². The summed E-state index contributed by atoms with van der Waals surface area (Å²) in [5, 5.41) is 2.97. The number of hydrogen-bond donors (Lipinski definition) is 2. The Bertz CT molecular complexity index is 899. The van der Waals surface area contributed by atoms with Gasteiger partial charge in [-0.1, -0.05) is 0 Å². The Labute approximate surface area is 183 Å². The molecular weight excluding hydrogens is 399 g/mol. The molecule has 0 radical (unpaired) electrons. The molecule has 1 heterocycles. The first-order chi connectivity index (χ1) is 14.7. The van der Waals surface area contributed by atoms with Gasteiger partial charge >= 0.3 is 6.09 Å². The van der Waals surface area contributed by atoms with Gasteiger partial charge in [0.2, 0.25) is 0 Å². The van der Waals surface area contributed by atoms with Crippen molar-refractivity contribution in [3.05, 3.63) is 36.0 Å². The number of amides is 1. The molecule has 0 unspecified atom stereocenters. The third kappa shape index (κ3) is 5.97. The van der Waals surface area contributed by atoms with Gasteiger partial charge in [0.05, 0.1) is 18.5 Å². The molecule has 0 atom stereocenters. The third-order valence-corrected chi connectivity index (χ3v) is 5.49. The molecule has 3 N–H and O–H groups in total. The normalized spacial score (nSPS) is 19.3. The first-order valence-electron chi connectivity index (χ1n) is 10.8. The molecule has 7 nitrogen and oxygen atoms in total. The molecule has 170 valence electrons. The van der Waals surface area contributed by atoms with Crippen molar-refractivity contribution in [2.24, 2.45) is 0 Å². The number of ether oxygens (including phenoxy) is 2. The van der Waals surface area contributed by atoms with Crippen LogP contribution in [0, 0.1) is 5.82 Å². The average molecular weight is 433 g/mol. The van der Waals surface area contributed by atoms with Gasteiger partial charge in [-0.05, 0) is 64.7 Å². The van der Waals surface area contributed by atoms with Crippen LogP contribution in [-0.2, 0) is 16.0 Å². The topological polar surface area (TPSA) is 91.4 Å². The monoisotopic (exact) mass is 432 g/mol. The van der Waals surface area contributed by atoms with Gasteiger partial charge in [0.15, 0.2) is 0 Å². The summed E-state index contributed by atoms with van der Waals surface area (Å²) in [6.45, 7) is 6.64. The molecule has 0 aliphatic heterocycles. The van der Waals surface area contributed by atoms with E-state index in [1.165, 1.54) is 6.07 Å². The molecule has 1 saturated carbocycles. The van der Waals surface area contributed by atoms with Gasteiger partial charge in [0.25, 0.3) is 0 Å². The van der Waals surface area contributed by atoms with Crippen molar-refractivity contribution in [1.82, 2.24) is 14.9 Å². The van der Waals surface area contributed by atoms with E-state index in [2.05, 4.69) is 10.3 Å². The number of carbonyl (C=O) groups is 1. The fraction of sp³-hybridized carbons (Fsp3) is 0.565. The minimum atomic E-state index is -0.513. The van der Waals surface area contributed by atoms with E-state index in [0.717, 1.165) is 37.2 Å². The van der Waals surface area contributed by atoms with Crippen molar-refractivity contribution in [2.75, 3.05) is 19.5 Å². The van der Waals surface area contributed by atoms with E-state index in [9.17, 15) is 9.18 Å². The number of nitrogen functional groups attached to an aromatic ring is 1. The van der Waals surface area contributed by atoms with E-state index in [-0.39, 0.29) is 23.9 Å². The highest BCUT2D eigenvalue weighted by molar-refractivity contribution is 5.68. The molecule has 1 amide bonds. The van der Waals surface area contributed by atoms with Crippen LogP contribution in [0.25, 0.3) is 11.3 Å². The standard InChI is InChI=1S/C23H33FN4O3/c1-23(2,3)31-22(29)27-17-8-5-15(6-9-17)21-26-14-20(28(21)11-12-30-4)18-10-7-16(25)13-19(18)24/h7,10,13-15,17H,5-6,8-9,11-12,25H2,1-4H3,(H,27,29)/t15-,17-. The van der Waals surface area contributed by atoms with Gasteiger partial charge in [0, 0.05) is 36.9 Å². The summed E-state index contributed by atoms with van der Waals surface area (Å²) in [5.74, 6) is 0.800. The lowest BCUT2D eigenvalue weighted by molar-refractivity contribution is 0.0490. The fourth-order valence-corrected chi connectivity index (χ4v) is 4.06. The molecule has 31 heavy (non-hydrogen) atoms. The van der Waals surface area contributed by atoms with E-state index in [0.29, 0.717) is 24.4 Å². The lowest BCUT2D eigenvalue weighted by Crippen LogP contribution is -2.40. The summed E-state index contributed by atoms with van der Waals surface area (Å²) in [7, 11) is 1.65. The van der Waals surface area contributed by atoms with Crippen LogP contribution in [0.2, 0.25) is 0 Å². The number of benzene rings is 1. The third-order valence-electron chi connectivity index (χ3n) is 5.49. The lowest BCUT2D eigenvalue weighted by atomic mass is 9.85. The summed E-state index contributed by atoms with van der Waals surface area (Å²) in [5.41, 5.74) is 6.78. The second-order valence-electron chi connectivity index (χ2n) is 9.08. The molecule has 1 aromatic carbocycles. The molecule has 0 bridgehead atoms. The van der Waals surface area contributed by atoms with Crippen molar-refractivity contribution < 1.29 is 18.7 Å². The summed E-state index contributed by atoms with van der Waals surface area (Å²) >= 11 is 0. The van der Waals surface area contributed by atoms with E-state index < -0.39 is 5.60 Å². The number of imidazole rings is 1. The van der Waals surface area contributed by atoms with Crippen molar-refractivity contribution in [2.45, 2.75) is 70.6 Å². The minimum absolute atomic E-state index is 0.0856. The fourth-order valence-electron chi connectivity index (χ4n) is 4.06. The van der Waals surface area contributed by atoms with Crippen LogP contribution in [0.4, 0.5) is 14.9 Å². The molecule has 8 heteroatoms. The maximum Gasteiger partial charge on any atom is 0.407 e. The first kappa shape index (κ1) is 23.1. The highest BCUT2D eigenvalue weighted by Crippen LogP contribution is 2.35. The van der Waals surface area contributed by atoms with Crippen LogP contribution in [0.1, 0.15) is 58.2 Å². The molecule has 1 aliphatic carbocycles. The van der Waals surface area contributed by atoms with E-state index >= 15 is 0 Å². The number of rotatable bonds is 6. The predicted octanol–water partition coefficient (Wildman–Crippen LogP) is 4.47. The molecule has 1 aliphatic rings. The largest absolute Gasteiger partial charge is 0.444 e. The van der Waals surface area contributed by atoms with E-state index in [1.807, 2.05) is 25.3 Å². The molecule has 1 fully saturated rings. The number of nitrogens with zero attached hydrogens (tertiary/aromatic N) is 2. The Hall–Kier alpha value is -2.61. The van der Waals surface area contributed by atoms with Crippen molar-refractivity contribution in [3.8, 4) is 11.3 Å². The van der Waals surface area contributed by atoms with Gasteiger partial charge in [-0.3, -0.25) is 0 Å².